The van der Waals surface area contributed by atoms with Crippen LogP contribution >= 0.6 is 11.8 Å². The number of carbonyl (C=O) groups excluding carboxylic acids is 1. The minimum absolute atomic E-state index is 0.117. The number of aliphatic hydroxyl groups is 1. The van der Waals surface area contributed by atoms with Gasteiger partial charge in [-0.25, -0.2) is 0 Å². The van der Waals surface area contributed by atoms with E-state index in [1.807, 2.05) is 30.3 Å². The minimum Gasteiger partial charge on any atom is -0.426 e. The van der Waals surface area contributed by atoms with Crippen LogP contribution in [0.5, 0.6) is 5.75 Å². The van der Waals surface area contributed by atoms with Gasteiger partial charge in [0.2, 0.25) is 5.12 Å². The summed E-state index contributed by atoms with van der Waals surface area (Å²) in [6.45, 7) is 0.949. The van der Waals surface area contributed by atoms with Gasteiger partial charge < -0.3 is 15.2 Å². The van der Waals surface area contributed by atoms with Gasteiger partial charge >= 0.3 is 6.23 Å². The number of nitrogens with one attached hydrogen (secondary N) is 1. The molecular formula is C19H20N2O5S. The number of nitro groups is 1. The van der Waals surface area contributed by atoms with Crippen LogP contribution in [-0.2, 0) is 0 Å². The van der Waals surface area contributed by atoms with Gasteiger partial charge in [-0.05, 0) is 30.7 Å². The summed E-state index contributed by atoms with van der Waals surface area (Å²) in [6, 6.07) is 16.3. The fourth-order valence-corrected chi connectivity index (χ4v) is 3.96. The maximum absolute atomic E-state index is 11.9. The molecule has 0 spiro atoms. The van der Waals surface area contributed by atoms with Crippen molar-refractivity contribution in [2.24, 2.45) is 0 Å². The monoisotopic (exact) mass is 388 g/mol. The van der Waals surface area contributed by atoms with Crippen molar-refractivity contribution in [1.29, 1.82) is 0 Å². The lowest BCUT2D eigenvalue weighted by molar-refractivity contribution is -0.571. The topological polar surface area (TPSA) is 102 Å². The normalized spacial score (nSPS) is 22.5. The van der Waals surface area contributed by atoms with E-state index in [-0.39, 0.29) is 23.0 Å². The average Bonchev–Trinajstić information content (AvgIpc) is 3.17. The number of nitrogens with zero attached hydrogens (tertiary/aromatic N) is 1. The number of ether oxygens (including phenoxy) is 1. The first kappa shape index (κ1) is 19.3. The van der Waals surface area contributed by atoms with Crippen LogP contribution in [0.15, 0.2) is 54.6 Å². The second kappa shape index (κ2) is 8.98. The van der Waals surface area contributed by atoms with Crippen LogP contribution < -0.4 is 10.1 Å². The third kappa shape index (κ3) is 5.06. The van der Waals surface area contributed by atoms with Gasteiger partial charge in [0, 0.05) is 23.4 Å². The highest BCUT2D eigenvalue weighted by molar-refractivity contribution is 8.14. The Morgan fingerprint density at radius 1 is 1.22 bits per heavy atom. The molecule has 2 N–H and O–H groups in total. The lowest BCUT2D eigenvalue weighted by atomic mass is 10.1. The first-order valence-corrected chi connectivity index (χ1v) is 9.45. The van der Waals surface area contributed by atoms with E-state index in [0.717, 1.165) is 18.5 Å². The van der Waals surface area contributed by atoms with Gasteiger partial charge in [-0.3, -0.25) is 14.9 Å². The summed E-state index contributed by atoms with van der Waals surface area (Å²) in [5, 5.41) is 22.9. The smallest absolute Gasteiger partial charge is 0.380 e. The third-order valence-electron chi connectivity index (χ3n) is 4.29. The average molecular weight is 388 g/mol. The molecule has 0 aromatic heterocycles. The zero-order chi connectivity index (χ0) is 19.2. The van der Waals surface area contributed by atoms with E-state index in [0.29, 0.717) is 11.3 Å². The molecule has 3 atom stereocenters. The summed E-state index contributed by atoms with van der Waals surface area (Å²) < 4.78 is 4.95. The fraction of sp³-hybridized carbons (Fsp3) is 0.316. The number of rotatable bonds is 4. The molecule has 8 heteroatoms. The van der Waals surface area contributed by atoms with Crippen LogP contribution in [-0.4, -0.2) is 39.6 Å². The Kier molecular flexibility index (Phi) is 6.44. The molecular weight excluding hydrogens is 368 g/mol. The SMILES string of the molecule is O=C(SC1CNC(CO)C1)c1ccccc1.O=[N+]([O-])C1Oc2ccc1cc2. The molecule has 7 nitrogen and oxygen atoms in total. The standard InChI is InChI=1S/C12H15NO2S.C7H5NO3/c14-8-10-6-11(7-13-10)16-12(15)9-4-2-1-3-5-9;9-8(10)7-5-1-3-6(11-7)4-2-5/h1-5,10-11,13-14H,6-8H2;1-4,7H. The Morgan fingerprint density at radius 2 is 1.93 bits per heavy atom. The third-order valence-corrected chi connectivity index (χ3v) is 5.43. The Hall–Kier alpha value is -2.42. The summed E-state index contributed by atoms with van der Waals surface area (Å²) in [7, 11) is 0. The largest absolute Gasteiger partial charge is 0.426 e. The number of thioether (sulfide) groups is 1. The van der Waals surface area contributed by atoms with Crippen molar-refractivity contribution in [3.63, 3.8) is 0 Å². The Labute approximate surface area is 160 Å². The van der Waals surface area contributed by atoms with E-state index in [1.54, 1.807) is 24.3 Å². The highest BCUT2D eigenvalue weighted by atomic mass is 32.2. The number of hydrogen-bond donors (Lipinski definition) is 2. The molecule has 1 fully saturated rings. The van der Waals surface area contributed by atoms with Gasteiger partial charge in [0.05, 0.1) is 17.1 Å². The summed E-state index contributed by atoms with van der Waals surface area (Å²) in [5.41, 5.74) is 1.35. The molecule has 0 amide bonds. The number of hydrogen-bond acceptors (Lipinski definition) is 7. The lowest BCUT2D eigenvalue weighted by Gasteiger charge is -2.17. The molecule has 0 aliphatic carbocycles. The van der Waals surface area contributed by atoms with Crippen molar-refractivity contribution in [1.82, 2.24) is 5.32 Å². The number of aliphatic hydroxyl groups excluding tert-OH is 1. The molecule has 3 unspecified atom stereocenters. The van der Waals surface area contributed by atoms with Crippen molar-refractivity contribution in [2.75, 3.05) is 13.2 Å². The van der Waals surface area contributed by atoms with Gasteiger partial charge in [0.1, 0.15) is 5.75 Å². The van der Waals surface area contributed by atoms with Crippen LogP contribution in [0, 0.1) is 10.1 Å². The predicted molar refractivity (Wildman–Crippen MR) is 102 cm³/mol. The van der Waals surface area contributed by atoms with E-state index in [4.69, 9.17) is 9.84 Å². The quantitative estimate of drug-likeness (QED) is 0.613. The highest BCUT2D eigenvalue weighted by Gasteiger charge is 2.28. The molecule has 27 heavy (non-hydrogen) atoms. The van der Waals surface area contributed by atoms with Crippen molar-refractivity contribution in [3.05, 3.63) is 75.8 Å². The molecule has 0 saturated carbocycles. The number of benzene rings is 2. The summed E-state index contributed by atoms with van der Waals surface area (Å²) >= 11 is 1.37. The molecule has 2 aromatic carbocycles. The molecule has 3 aliphatic heterocycles. The Morgan fingerprint density at radius 3 is 2.41 bits per heavy atom. The molecule has 3 heterocycles. The maximum atomic E-state index is 11.9. The van der Waals surface area contributed by atoms with E-state index in [1.165, 1.54) is 11.8 Å². The molecule has 1 saturated heterocycles. The predicted octanol–water partition coefficient (Wildman–Crippen LogP) is 2.64. The molecule has 2 bridgehead atoms. The van der Waals surface area contributed by atoms with Gasteiger partial charge in [-0.2, -0.15) is 0 Å². The van der Waals surface area contributed by atoms with E-state index < -0.39 is 11.2 Å². The van der Waals surface area contributed by atoms with Crippen LogP contribution in [0.1, 0.15) is 28.6 Å². The van der Waals surface area contributed by atoms with Crippen LogP contribution in [0.4, 0.5) is 0 Å². The Balaban J connectivity index is 0.000000166. The first-order valence-electron chi connectivity index (χ1n) is 8.57. The lowest BCUT2D eigenvalue weighted by Crippen LogP contribution is -2.24. The first-order chi connectivity index (χ1) is 13.1. The van der Waals surface area contributed by atoms with Gasteiger partial charge in [0.15, 0.2) is 0 Å². The van der Waals surface area contributed by atoms with Crippen LogP contribution in [0.2, 0.25) is 0 Å². The molecule has 0 radical (unpaired) electrons. The summed E-state index contributed by atoms with van der Waals surface area (Å²) in [4.78, 5) is 21.7. The van der Waals surface area contributed by atoms with Crippen LogP contribution in [0.3, 0.4) is 0 Å². The van der Waals surface area contributed by atoms with Gasteiger partial charge in [0.25, 0.3) is 0 Å². The fourth-order valence-electron chi connectivity index (χ4n) is 2.88. The zero-order valence-corrected chi connectivity index (χ0v) is 15.3. The highest BCUT2D eigenvalue weighted by Crippen LogP contribution is 2.29. The van der Waals surface area contributed by atoms with Crippen molar-refractivity contribution >= 4 is 16.9 Å². The van der Waals surface area contributed by atoms with Crippen molar-refractivity contribution in [3.8, 4) is 5.75 Å². The second-order valence-electron chi connectivity index (χ2n) is 6.24. The van der Waals surface area contributed by atoms with Crippen LogP contribution in [0.25, 0.3) is 0 Å². The van der Waals surface area contributed by atoms with E-state index >= 15 is 0 Å². The molecule has 2 aromatic rings. The van der Waals surface area contributed by atoms with E-state index in [9.17, 15) is 14.9 Å². The second-order valence-corrected chi connectivity index (χ2v) is 7.51. The van der Waals surface area contributed by atoms with E-state index in [2.05, 4.69) is 5.32 Å². The number of carbonyl (C=O) groups is 1. The Bertz CT molecular complexity index is 784. The minimum atomic E-state index is -0.986. The molecule has 5 rings (SSSR count). The van der Waals surface area contributed by atoms with Gasteiger partial charge in [-0.15, -0.1) is 0 Å². The zero-order valence-electron chi connectivity index (χ0n) is 14.5. The van der Waals surface area contributed by atoms with Gasteiger partial charge in [-0.1, -0.05) is 42.1 Å². The molecule has 3 aliphatic rings. The summed E-state index contributed by atoms with van der Waals surface area (Å²) in [5.74, 6) is 0.557. The molecule has 142 valence electrons. The number of fused-ring (bicyclic) bond motifs is 3. The van der Waals surface area contributed by atoms with Crippen molar-refractivity contribution < 1.29 is 19.6 Å². The maximum Gasteiger partial charge on any atom is 0.380 e. The summed E-state index contributed by atoms with van der Waals surface area (Å²) in [6.07, 6.45) is -0.125. The van der Waals surface area contributed by atoms with Crippen molar-refractivity contribution in [2.45, 2.75) is 23.9 Å².